The summed E-state index contributed by atoms with van der Waals surface area (Å²) in [7, 11) is 1.32. The second-order valence-corrected chi connectivity index (χ2v) is 4.54. The molecule has 1 saturated heterocycles. The van der Waals surface area contributed by atoms with E-state index < -0.39 is 17.7 Å². The van der Waals surface area contributed by atoms with E-state index in [2.05, 4.69) is 4.74 Å². The van der Waals surface area contributed by atoms with Crippen LogP contribution in [-0.2, 0) is 19.9 Å². The third-order valence-electron chi connectivity index (χ3n) is 2.68. The van der Waals surface area contributed by atoms with Gasteiger partial charge in [-0.1, -0.05) is 29.3 Å². The number of carbonyl (C=O) groups is 1. The van der Waals surface area contributed by atoms with E-state index in [0.717, 1.165) is 0 Å². The molecule has 0 spiro atoms. The van der Waals surface area contributed by atoms with Crippen LogP contribution in [0, 0.1) is 0 Å². The minimum absolute atomic E-state index is 0.418. The molecule has 2 atom stereocenters. The lowest BCUT2D eigenvalue weighted by Gasteiger charge is -2.10. The van der Waals surface area contributed by atoms with Crippen LogP contribution in [0.3, 0.4) is 0 Å². The zero-order valence-electron chi connectivity index (χ0n) is 8.79. The van der Waals surface area contributed by atoms with Crippen molar-refractivity contribution in [2.45, 2.75) is 18.6 Å². The van der Waals surface area contributed by atoms with Gasteiger partial charge in [-0.25, -0.2) is 4.79 Å². The van der Waals surface area contributed by atoms with Crippen LogP contribution < -0.4 is 0 Å². The van der Waals surface area contributed by atoms with Crippen LogP contribution in [0.1, 0.15) is 12.5 Å². The minimum atomic E-state index is -0.775. The van der Waals surface area contributed by atoms with Gasteiger partial charge < -0.3 is 9.47 Å². The maximum absolute atomic E-state index is 11.4. The molecular formula is C11H10Cl2O3. The highest BCUT2D eigenvalue weighted by molar-refractivity contribution is 6.36. The highest BCUT2D eigenvalue weighted by Gasteiger charge is 2.60. The predicted molar refractivity (Wildman–Crippen MR) is 60.7 cm³/mol. The molecule has 3 nitrogen and oxygen atoms in total. The molecule has 0 bridgehead atoms. The molecule has 0 radical (unpaired) electrons. The Morgan fingerprint density at radius 2 is 2.00 bits per heavy atom. The molecule has 0 saturated carbocycles. The van der Waals surface area contributed by atoms with Gasteiger partial charge in [0, 0.05) is 15.6 Å². The van der Waals surface area contributed by atoms with Crippen LogP contribution >= 0.6 is 23.2 Å². The highest BCUT2D eigenvalue weighted by atomic mass is 35.5. The molecule has 2 rings (SSSR count). The summed E-state index contributed by atoms with van der Waals surface area (Å²) in [5.74, 6) is -0.418. The summed E-state index contributed by atoms with van der Waals surface area (Å²) in [5.41, 5.74) is -0.142. The molecule has 0 N–H and O–H groups in total. The van der Waals surface area contributed by atoms with Gasteiger partial charge in [0.05, 0.1) is 7.11 Å². The molecular weight excluding hydrogens is 251 g/mol. The van der Waals surface area contributed by atoms with Crippen molar-refractivity contribution < 1.29 is 14.3 Å². The predicted octanol–water partition coefficient (Wildman–Crippen LogP) is 2.78. The van der Waals surface area contributed by atoms with E-state index in [4.69, 9.17) is 27.9 Å². The van der Waals surface area contributed by atoms with Gasteiger partial charge in [0.2, 0.25) is 0 Å². The largest absolute Gasteiger partial charge is 0.467 e. The number of ether oxygens (including phenoxy) is 2. The third-order valence-corrected chi connectivity index (χ3v) is 3.31. The lowest BCUT2D eigenvalue weighted by molar-refractivity contribution is -0.142. The monoisotopic (exact) mass is 260 g/mol. The molecule has 1 aromatic rings. The second kappa shape index (κ2) is 3.91. The SMILES string of the molecule is COC(=O)C1OC1(C)c1c(Cl)cccc1Cl. The fourth-order valence-corrected chi connectivity index (χ4v) is 2.53. The summed E-state index contributed by atoms with van der Waals surface area (Å²) < 4.78 is 9.98. The number of esters is 1. The van der Waals surface area contributed by atoms with Crippen LogP contribution in [0.2, 0.25) is 10.0 Å². The standard InChI is InChI=1S/C11H10Cl2O3/c1-11(9(16-11)10(14)15-2)8-6(12)4-3-5-7(8)13/h3-5,9H,1-2H3. The summed E-state index contributed by atoms with van der Waals surface area (Å²) >= 11 is 12.1. The van der Waals surface area contributed by atoms with Crippen molar-refractivity contribution in [1.82, 2.24) is 0 Å². The van der Waals surface area contributed by atoms with Gasteiger partial charge in [-0.15, -0.1) is 0 Å². The number of rotatable bonds is 2. The number of carbonyl (C=O) groups excluding carboxylic acids is 1. The van der Waals surface area contributed by atoms with E-state index in [-0.39, 0.29) is 0 Å². The smallest absolute Gasteiger partial charge is 0.338 e. The summed E-state index contributed by atoms with van der Waals surface area (Å²) in [4.78, 5) is 11.4. The van der Waals surface area contributed by atoms with E-state index in [1.807, 2.05) is 0 Å². The van der Waals surface area contributed by atoms with Crippen molar-refractivity contribution >= 4 is 29.2 Å². The average Bonchev–Trinajstić information content (AvgIpc) is 2.90. The number of halogens is 2. The number of hydrogen-bond acceptors (Lipinski definition) is 3. The van der Waals surface area contributed by atoms with Crippen LogP contribution in [0.15, 0.2) is 18.2 Å². The van der Waals surface area contributed by atoms with Crippen LogP contribution in [0.4, 0.5) is 0 Å². The van der Waals surface area contributed by atoms with Crippen LogP contribution in [0.5, 0.6) is 0 Å². The lowest BCUT2D eigenvalue weighted by Crippen LogP contribution is -2.18. The molecule has 2 unspecified atom stereocenters. The molecule has 1 aliphatic heterocycles. The molecule has 0 amide bonds. The Morgan fingerprint density at radius 3 is 2.50 bits per heavy atom. The van der Waals surface area contributed by atoms with Crippen LogP contribution in [0.25, 0.3) is 0 Å². The first-order valence-electron chi connectivity index (χ1n) is 4.71. The summed E-state index contributed by atoms with van der Waals surface area (Å²) in [6, 6.07) is 5.17. The first kappa shape index (κ1) is 11.7. The zero-order valence-corrected chi connectivity index (χ0v) is 10.3. The van der Waals surface area contributed by atoms with Gasteiger partial charge in [0.15, 0.2) is 6.10 Å². The van der Waals surface area contributed by atoms with Crippen molar-refractivity contribution in [2.75, 3.05) is 7.11 Å². The molecule has 1 aromatic carbocycles. The number of benzene rings is 1. The Kier molecular flexibility index (Phi) is 2.86. The topological polar surface area (TPSA) is 38.8 Å². The first-order chi connectivity index (χ1) is 7.50. The Labute approximate surface area is 103 Å². The maximum atomic E-state index is 11.4. The molecule has 1 aliphatic rings. The quantitative estimate of drug-likeness (QED) is 0.607. The van der Waals surface area contributed by atoms with Crippen LogP contribution in [-0.4, -0.2) is 19.2 Å². The number of hydrogen-bond donors (Lipinski definition) is 0. The molecule has 86 valence electrons. The Bertz CT molecular complexity index is 427. The summed E-state index contributed by atoms with van der Waals surface area (Å²) in [6.07, 6.45) is -0.630. The lowest BCUT2D eigenvalue weighted by atomic mass is 9.97. The normalized spacial score (nSPS) is 27.6. The molecule has 16 heavy (non-hydrogen) atoms. The highest BCUT2D eigenvalue weighted by Crippen LogP contribution is 2.51. The third kappa shape index (κ3) is 1.69. The van der Waals surface area contributed by atoms with Crippen molar-refractivity contribution in [3.05, 3.63) is 33.8 Å². The molecule has 1 heterocycles. The van der Waals surface area contributed by atoms with E-state index >= 15 is 0 Å². The van der Waals surface area contributed by atoms with Gasteiger partial charge >= 0.3 is 5.97 Å². The Balaban J connectivity index is 2.37. The summed E-state index contributed by atoms with van der Waals surface area (Å²) in [6.45, 7) is 1.77. The van der Waals surface area contributed by atoms with E-state index in [9.17, 15) is 4.79 Å². The summed E-state index contributed by atoms with van der Waals surface area (Å²) in [5, 5.41) is 0.975. The zero-order chi connectivity index (χ0) is 11.9. The average molecular weight is 261 g/mol. The van der Waals surface area contributed by atoms with E-state index in [1.165, 1.54) is 7.11 Å². The first-order valence-corrected chi connectivity index (χ1v) is 5.46. The van der Waals surface area contributed by atoms with Crippen molar-refractivity contribution in [3.8, 4) is 0 Å². The van der Waals surface area contributed by atoms with E-state index in [0.29, 0.717) is 15.6 Å². The van der Waals surface area contributed by atoms with Gasteiger partial charge in [-0.3, -0.25) is 0 Å². The van der Waals surface area contributed by atoms with Gasteiger partial charge in [-0.05, 0) is 19.1 Å². The fourth-order valence-electron chi connectivity index (χ4n) is 1.75. The van der Waals surface area contributed by atoms with Gasteiger partial charge in [0.25, 0.3) is 0 Å². The second-order valence-electron chi connectivity index (χ2n) is 3.72. The Morgan fingerprint density at radius 1 is 1.44 bits per heavy atom. The molecule has 1 fully saturated rings. The van der Waals surface area contributed by atoms with Crippen molar-refractivity contribution in [1.29, 1.82) is 0 Å². The van der Waals surface area contributed by atoms with Crippen molar-refractivity contribution in [2.24, 2.45) is 0 Å². The molecule has 0 aliphatic carbocycles. The minimum Gasteiger partial charge on any atom is -0.467 e. The van der Waals surface area contributed by atoms with E-state index in [1.54, 1.807) is 25.1 Å². The number of epoxide rings is 1. The van der Waals surface area contributed by atoms with Crippen molar-refractivity contribution in [3.63, 3.8) is 0 Å². The fraction of sp³-hybridized carbons (Fsp3) is 0.364. The number of methoxy groups -OCH3 is 1. The molecule has 5 heteroatoms. The Hall–Kier alpha value is -0.770. The maximum Gasteiger partial charge on any atom is 0.338 e. The van der Waals surface area contributed by atoms with Gasteiger partial charge in [-0.2, -0.15) is 0 Å². The van der Waals surface area contributed by atoms with Gasteiger partial charge in [0.1, 0.15) is 5.60 Å². The molecule has 0 aromatic heterocycles.